The van der Waals surface area contributed by atoms with Crippen molar-refractivity contribution < 1.29 is 5.11 Å². The Morgan fingerprint density at radius 3 is 2.72 bits per heavy atom. The van der Waals surface area contributed by atoms with Crippen molar-refractivity contribution in [3.63, 3.8) is 0 Å². The van der Waals surface area contributed by atoms with Gasteiger partial charge in [-0.25, -0.2) is 4.98 Å². The summed E-state index contributed by atoms with van der Waals surface area (Å²) in [6.45, 7) is 4.29. The highest BCUT2D eigenvalue weighted by Gasteiger charge is 2.24. The Bertz CT molecular complexity index is 794. The van der Waals surface area contributed by atoms with Crippen LogP contribution in [0.15, 0.2) is 29.1 Å². The van der Waals surface area contributed by atoms with Crippen molar-refractivity contribution in [2.24, 2.45) is 0 Å². The minimum Gasteiger partial charge on any atom is -0.508 e. The van der Waals surface area contributed by atoms with E-state index in [2.05, 4.69) is 15.2 Å². The van der Waals surface area contributed by atoms with Gasteiger partial charge >= 0.3 is 0 Å². The lowest BCUT2D eigenvalue weighted by molar-refractivity contribution is 0.241. The van der Waals surface area contributed by atoms with Crippen LogP contribution in [0.2, 0.25) is 0 Å². The van der Waals surface area contributed by atoms with Crippen molar-refractivity contribution in [1.82, 2.24) is 20.2 Å². The molecule has 1 saturated heterocycles. The van der Waals surface area contributed by atoms with Gasteiger partial charge in [-0.15, -0.1) is 0 Å². The number of nitrogens with zero attached hydrogens (tertiary/aromatic N) is 2. The summed E-state index contributed by atoms with van der Waals surface area (Å²) in [4.78, 5) is 22.7. The highest BCUT2D eigenvalue weighted by Crippen LogP contribution is 2.23. The molecule has 1 fully saturated rings. The van der Waals surface area contributed by atoms with E-state index in [1.54, 1.807) is 12.1 Å². The summed E-state index contributed by atoms with van der Waals surface area (Å²) in [6.07, 6.45) is 2.89. The van der Waals surface area contributed by atoms with Crippen LogP contribution in [-0.2, 0) is 19.5 Å². The number of hydrogen-bond acceptors (Lipinski definition) is 5. The Morgan fingerprint density at radius 2 is 1.96 bits per heavy atom. The normalized spacial score (nSPS) is 18.9. The molecule has 1 aromatic carbocycles. The maximum Gasteiger partial charge on any atom is 0.255 e. The first-order valence-corrected chi connectivity index (χ1v) is 9.02. The minimum absolute atomic E-state index is 0.0222. The van der Waals surface area contributed by atoms with Gasteiger partial charge in [-0.3, -0.25) is 9.69 Å². The van der Waals surface area contributed by atoms with E-state index in [1.165, 1.54) is 0 Å². The van der Waals surface area contributed by atoms with E-state index < -0.39 is 0 Å². The van der Waals surface area contributed by atoms with Gasteiger partial charge in [0.25, 0.3) is 5.56 Å². The third-order valence-corrected chi connectivity index (χ3v) is 5.23. The number of H-pyrrole nitrogens is 1. The molecule has 0 amide bonds. The smallest absolute Gasteiger partial charge is 0.255 e. The summed E-state index contributed by atoms with van der Waals surface area (Å²) in [5.74, 6) is 1.52. The Labute approximate surface area is 146 Å². The van der Waals surface area contributed by atoms with Crippen LogP contribution < -0.4 is 10.9 Å². The number of hydrogen-bond donors (Lipinski definition) is 3. The zero-order valence-electron chi connectivity index (χ0n) is 14.3. The zero-order chi connectivity index (χ0) is 17.2. The van der Waals surface area contributed by atoms with Gasteiger partial charge in [-0.1, -0.05) is 12.1 Å². The number of rotatable bonds is 3. The number of fused-ring (bicyclic) bond motifs is 1. The number of phenolic OH excluding ortho intramolecular Hbond substituents is 1. The van der Waals surface area contributed by atoms with Crippen molar-refractivity contribution >= 4 is 0 Å². The number of aromatic hydroxyl groups is 1. The Balaban J connectivity index is 1.51. The molecule has 2 aliphatic rings. The van der Waals surface area contributed by atoms with E-state index in [0.29, 0.717) is 12.5 Å². The number of nitrogens with one attached hydrogen (secondary N) is 2. The Hall–Kier alpha value is -2.18. The highest BCUT2D eigenvalue weighted by molar-refractivity contribution is 5.27. The second-order valence-electron chi connectivity index (χ2n) is 7.03. The second kappa shape index (κ2) is 6.98. The molecule has 25 heavy (non-hydrogen) atoms. The molecular weight excluding hydrogens is 316 g/mol. The molecule has 0 aliphatic carbocycles. The van der Waals surface area contributed by atoms with Gasteiger partial charge in [-0.05, 0) is 43.6 Å². The first kappa shape index (κ1) is 16.3. The average Bonchev–Trinajstić information content (AvgIpc) is 2.65. The SMILES string of the molecule is O=c1[nH]c(C2CCNCC2)nc2c1CN(Cc1ccc(O)cc1)CC2. The molecule has 0 bridgehead atoms. The largest absolute Gasteiger partial charge is 0.508 e. The van der Waals surface area contributed by atoms with Crippen molar-refractivity contribution in [1.29, 1.82) is 0 Å². The third-order valence-electron chi connectivity index (χ3n) is 5.23. The lowest BCUT2D eigenvalue weighted by Gasteiger charge is -2.29. The lowest BCUT2D eigenvalue weighted by atomic mass is 9.96. The van der Waals surface area contributed by atoms with E-state index in [1.807, 2.05) is 12.1 Å². The van der Waals surface area contributed by atoms with E-state index in [4.69, 9.17) is 4.98 Å². The molecule has 4 rings (SSSR count). The molecule has 0 unspecified atom stereocenters. The first-order chi connectivity index (χ1) is 12.2. The van der Waals surface area contributed by atoms with Gasteiger partial charge in [0.05, 0.1) is 11.3 Å². The fraction of sp³-hybridized carbons (Fsp3) is 0.474. The molecule has 3 heterocycles. The van der Waals surface area contributed by atoms with Crippen LogP contribution in [0.3, 0.4) is 0 Å². The van der Waals surface area contributed by atoms with Crippen LogP contribution in [-0.4, -0.2) is 39.6 Å². The molecule has 0 radical (unpaired) electrons. The predicted molar refractivity (Wildman–Crippen MR) is 95.6 cm³/mol. The summed E-state index contributed by atoms with van der Waals surface area (Å²) >= 11 is 0. The van der Waals surface area contributed by atoms with Crippen molar-refractivity contribution in [2.45, 2.75) is 38.3 Å². The third kappa shape index (κ3) is 3.60. The van der Waals surface area contributed by atoms with E-state index >= 15 is 0 Å². The zero-order valence-corrected chi connectivity index (χ0v) is 14.3. The predicted octanol–water partition coefficient (Wildman–Crippen LogP) is 1.50. The molecular formula is C19H24N4O2. The van der Waals surface area contributed by atoms with E-state index in [0.717, 1.165) is 68.1 Å². The van der Waals surface area contributed by atoms with E-state index in [-0.39, 0.29) is 11.3 Å². The van der Waals surface area contributed by atoms with Crippen LogP contribution in [0.1, 0.15) is 41.4 Å². The average molecular weight is 340 g/mol. The van der Waals surface area contributed by atoms with E-state index in [9.17, 15) is 9.90 Å². The molecule has 132 valence electrons. The van der Waals surface area contributed by atoms with Crippen LogP contribution in [0.5, 0.6) is 5.75 Å². The number of aromatic nitrogens is 2. The van der Waals surface area contributed by atoms with Gasteiger partial charge < -0.3 is 15.4 Å². The molecule has 0 atom stereocenters. The molecule has 6 nitrogen and oxygen atoms in total. The molecule has 3 N–H and O–H groups in total. The van der Waals surface area contributed by atoms with Crippen molar-refractivity contribution in [3.8, 4) is 5.75 Å². The summed E-state index contributed by atoms with van der Waals surface area (Å²) in [7, 11) is 0. The molecule has 0 saturated carbocycles. The highest BCUT2D eigenvalue weighted by atomic mass is 16.3. The number of piperidine rings is 1. The van der Waals surface area contributed by atoms with Crippen molar-refractivity contribution in [3.05, 3.63) is 57.3 Å². The molecule has 2 aromatic rings. The molecule has 2 aliphatic heterocycles. The summed E-state index contributed by atoms with van der Waals surface area (Å²) in [5.41, 5.74) is 2.94. The second-order valence-corrected chi connectivity index (χ2v) is 7.03. The summed E-state index contributed by atoms with van der Waals surface area (Å²) in [5, 5.41) is 12.7. The van der Waals surface area contributed by atoms with Crippen LogP contribution >= 0.6 is 0 Å². The fourth-order valence-corrected chi connectivity index (χ4v) is 3.78. The molecule has 1 aromatic heterocycles. The van der Waals surface area contributed by atoms with Gasteiger partial charge in [0, 0.05) is 32.0 Å². The van der Waals surface area contributed by atoms with Gasteiger partial charge in [-0.2, -0.15) is 0 Å². The molecule has 6 heteroatoms. The molecule has 0 spiro atoms. The summed E-state index contributed by atoms with van der Waals surface area (Å²) in [6, 6.07) is 7.25. The van der Waals surface area contributed by atoms with Crippen LogP contribution in [0, 0.1) is 0 Å². The quantitative estimate of drug-likeness (QED) is 0.789. The number of phenols is 1. The monoisotopic (exact) mass is 340 g/mol. The van der Waals surface area contributed by atoms with Gasteiger partial charge in [0.2, 0.25) is 0 Å². The topological polar surface area (TPSA) is 81.2 Å². The first-order valence-electron chi connectivity index (χ1n) is 9.02. The standard InChI is InChI=1S/C19H24N4O2/c24-15-3-1-13(2-4-15)11-23-10-7-17-16(12-23)19(25)22-18(21-17)14-5-8-20-9-6-14/h1-4,14,20,24H,5-12H2,(H,21,22,25). The van der Waals surface area contributed by atoms with Crippen LogP contribution in [0.25, 0.3) is 0 Å². The maximum absolute atomic E-state index is 12.6. The maximum atomic E-state index is 12.6. The van der Waals surface area contributed by atoms with Gasteiger partial charge in [0.1, 0.15) is 11.6 Å². The Morgan fingerprint density at radius 1 is 1.20 bits per heavy atom. The van der Waals surface area contributed by atoms with Crippen LogP contribution in [0.4, 0.5) is 0 Å². The Kier molecular flexibility index (Phi) is 4.55. The summed E-state index contributed by atoms with van der Waals surface area (Å²) < 4.78 is 0. The number of benzene rings is 1. The van der Waals surface area contributed by atoms with Gasteiger partial charge in [0.15, 0.2) is 0 Å². The fourth-order valence-electron chi connectivity index (χ4n) is 3.78. The number of aromatic amines is 1. The lowest BCUT2D eigenvalue weighted by Crippen LogP contribution is -2.36. The minimum atomic E-state index is 0.0222. The van der Waals surface area contributed by atoms with Crippen molar-refractivity contribution in [2.75, 3.05) is 19.6 Å².